The van der Waals surface area contributed by atoms with Gasteiger partial charge in [0.1, 0.15) is 18.9 Å². The molecule has 1 N–H and O–H groups in total. The molecule has 16 heavy (non-hydrogen) atoms. The maximum atomic E-state index is 11.6. The molecule has 1 amide bonds. The zero-order valence-corrected chi connectivity index (χ0v) is 8.89. The van der Waals surface area contributed by atoms with Crippen molar-refractivity contribution in [3.05, 3.63) is 12.2 Å². The van der Waals surface area contributed by atoms with E-state index in [2.05, 4.69) is 15.5 Å². The molecule has 1 heterocycles. The first-order valence-corrected chi connectivity index (χ1v) is 5.37. The number of aromatic nitrogens is 3. The maximum Gasteiger partial charge on any atom is 0.240 e. The molecule has 1 aliphatic rings. The van der Waals surface area contributed by atoms with Crippen molar-refractivity contribution in [2.24, 2.45) is 0 Å². The van der Waals surface area contributed by atoms with Gasteiger partial charge in [-0.3, -0.25) is 9.36 Å². The van der Waals surface area contributed by atoms with Gasteiger partial charge in [-0.05, 0) is 12.8 Å². The van der Waals surface area contributed by atoms with Crippen molar-refractivity contribution in [2.75, 3.05) is 0 Å². The smallest absolute Gasteiger partial charge is 0.240 e. The molecule has 0 radical (unpaired) electrons. The summed E-state index contributed by atoms with van der Waals surface area (Å²) in [5.41, 5.74) is 0. The largest absolute Gasteiger partial charge is 0.352 e. The average Bonchev–Trinajstić information content (AvgIpc) is 2.88. The Kier molecular flexibility index (Phi) is 3.15. The third-order valence-electron chi connectivity index (χ3n) is 2.75. The van der Waals surface area contributed by atoms with Crippen LogP contribution in [0.5, 0.6) is 0 Å². The minimum Gasteiger partial charge on any atom is -0.352 e. The normalized spacial score (nSPS) is 15.9. The Bertz CT molecular complexity index is 413. The van der Waals surface area contributed by atoms with Gasteiger partial charge in [-0.2, -0.15) is 5.26 Å². The summed E-state index contributed by atoms with van der Waals surface area (Å²) >= 11 is 0. The second-order valence-corrected chi connectivity index (χ2v) is 3.94. The third kappa shape index (κ3) is 2.37. The zero-order chi connectivity index (χ0) is 11.4. The number of hydrogen-bond acceptors (Lipinski definition) is 4. The van der Waals surface area contributed by atoms with Gasteiger partial charge in [0, 0.05) is 6.04 Å². The van der Waals surface area contributed by atoms with Crippen LogP contribution in [0.1, 0.15) is 31.5 Å². The Morgan fingerprint density at radius 3 is 3.06 bits per heavy atom. The quantitative estimate of drug-likeness (QED) is 0.787. The average molecular weight is 219 g/mol. The Hall–Kier alpha value is -1.90. The van der Waals surface area contributed by atoms with Gasteiger partial charge < -0.3 is 5.32 Å². The van der Waals surface area contributed by atoms with Gasteiger partial charge in [0.2, 0.25) is 11.7 Å². The maximum absolute atomic E-state index is 11.6. The van der Waals surface area contributed by atoms with E-state index in [1.54, 1.807) is 0 Å². The highest BCUT2D eigenvalue weighted by Crippen LogP contribution is 2.17. The zero-order valence-electron chi connectivity index (χ0n) is 8.89. The van der Waals surface area contributed by atoms with E-state index < -0.39 is 0 Å². The van der Waals surface area contributed by atoms with Crippen molar-refractivity contribution in [2.45, 2.75) is 38.3 Å². The lowest BCUT2D eigenvalue weighted by molar-refractivity contribution is -0.122. The van der Waals surface area contributed by atoms with E-state index in [4.69, 9.17) is 5.26 Å². The van der Waals surface area contributed by atoms with Gasteiger partial charge in [0.15, 0.2) is 0 Å². The van der Waals surface area contributed by atoms with Crippen molar-refractivity contribution >= 4 is 5.91 Å². The van der Waals surface area contributed by atoms with Crippen LogP contribution in [0, 0.1) is 11.3 Å². The molecule has 1 aromatic heterocycles. The van der Waals surface area contributed by atoms with Crippen molar-refractivity contribution in [3.63, 3.8) is 0 Å². The monoisotopic (exact) mass is 219 g/mol. The first-order chi connectivity index (χ1) is 7.79. The fourth-order valence-corrected chi connectivity index (χ4v) is 1.96. The number of nitrogens with zero attached hydrogens (tertiary/aromatic N) is 4. The van der Waals surface area contributed by atoms with Gasteiger partial charge in [-0.25, -0.2) is 0 Å². The van der Waals surface area contributed by atoms with Gasteiger partial charge in [0.25, 0.3) is 0 Å². The van der Waals surface area contributed by atoms with Crippen molar-refractivity contribution in [3.8, 4) is 6.07 Å². The SMILES string of the molecule is N#Cc1nncn1CC(=O)NC1CCCC1. The molecule has 84 valence electrons. The van der Waals surface area contributed by atoms with Crippen molar-refractivity contribution in [1.82, 2.24) is 20.1 Å². The van der Waals surface area contributed by atoms with E-state index in [1.807, 2.05) is 6.07 Å². The molecule has 0 aliphatic heterocycles. The molecule has 1 saturated carbocycles. The lowest BCUT2D eigenvalue weighted by Crippen LogP contribution is -2.35. The van der Waals surface area contributed by atoms with Gasteiger partial charge >= 0.3 is 0 Å². The second-order valence-electron chi connectivity index (χ2n) is 3.94. The van der Waals surface area contributed by atoms with Crippen LogP contribution in [0.3, 0.4) is 0 Å². The van der Waals surface area contributed by atoms with Gasteiger partial charge in [0.05, 0.1) is 0 Å². The number of hydrogen-bond donors (Lipinski definition) is 1. The van der Waals surface area contributed by atoms with Crippen LogP contribution in [-0.2, 0) is 11.3 Å². The first kappa shape index (κ1) is 10.6. The van der Waals surface area contributed by atoms with E-state index in [-0.39, 0.29) is 18.3 Å². The second kappa shape index (κ2) is 4.75. The lowest BCUT2D eigenvalue weighted by Gasteiger charge is -2.11. The summed E-state index contributed by atoms with van der Waals surface area (Å²) in [7, 11) is 0. The van der Waals surface area contributed by atoms with Crippen LogP contribution in [0.25, 0.3) is 0 Å². The van der Waals surface area contributed by atoms with E-state index in [1.165, 1.54) is 23.7 Å². The summed E-state index contributed by atoms with van der Waals surface area (Å²) in [5, 5.41) is 18.8. The number of rotatable bonds is 3. The van der Waals surface area contributed by atoms with Crippen LogP contribution in [-0.4, -0.2) is 26.7 Å². The molecule has 1 aromatic rings. The summed E-state index contributed by atoms with van der Waals surface area (Å²) in [6, 6.07) is 2.18. The molecule has 6 nitrogen and oxygen atoms in total. The first-order valence-electron chi connectivity index (χ1n) is 5.37. The summed E-state index contributed by atoms with van der Waals surface area (Å²) < 4.78 is 1.45. The summed E-state index contributed by atoms with van der Waals surface area (Å²) in [6.45, 7) is 0.117. The van der Waals surface area contributed by atoms with Gasteiger partial charge in [-0.15, -0.1) is 10.2 Å². The number of nitriles is 1. The van der Waals surface area contributed by atoms with E-state index in [9.17, 15) is 4.79 Å². The van der Waals surface area contributed by atoms with Crippen molar-refractivity contribution in [1.29, 1.82) is 5.26 Å². The molecule has 2 rings (SSSR count). The van der Waals surface area contributed by atoms with Crippen molar-refractivity contribution < 1.29 is 4.79 Å². The molecule has 0 bridgehead atoms. The Balaban J connectivity index is 1.89. The molecular formula is C10H13N5O. The highest BCUT2D eigenvalue weighted by molar-refractivity contribution is 5.76. The molecule has 0 atom stereocenters. The predicted octanol–water partition coefficient (Wildman–Crippen LogP) is 0.209. The summed E-state index contributed by atoms with van der Waals surface area (Å²) in [4.78, 5) is 11.6. The minimum atomic E-state index is -0.0804. The summed E-state index contributed by atoms with van der Waals surface area (Å²) in [6.07, 6.45) is 5.87. The topological polar surface area (TPSA) is 83.6 Å². The summed E-state index contributed by atoms with van der Waals surface area (Å²) in [5.74, 6) is 0.0878. The fourth-order valence-electron chi connectivity index (χ4n) is 1.96. The minimum absolute atomic E-state index is 0.0804. The molecule has 0 unspecified atom stereocenters. The molecule has 1 aliphatic carbocycles. The lowest BCUT2D eigenvalue weighted by atomic mass is 10.2. The predicted molar refractivity (Wildman–Crippen MR) is 55.1 cm³/mol. The molecule has 0 saturated heterocycles. The van der Waals surface area contributed by atoms with Crippen LogP contribution >= 0.6 is 0 Å². The van der Waals surface area contributed by atoms with Crippen LogP contribution in [0.15, 0.2) is 6.33 Å². The Labute approximate surface area is 93.3 Å². The Morgan fingerprint density at radius 1 is 1.62 bits per heavy atom. The molecular weight excluding hydrogens is 206 g/mol. The number of nitrogens with one attached hydrogen (secondary N) is 1. The molecule has 0 aromatic carbocycles. The Morgan fingerprint density at radius 2 is 2.38 bits per heavy atom. The van der Waals surface area contributed by atoms with Crippen LogP contribution in [0.4, 0.5) is 0 Å². The highest BCUT2D eigenvalue weighted by Gasteiger charge is 2.17. The molecule has 1 fully saturated rings. The van der Waals surface area contributed by atoms with Crippen LogP contribution < -0.4 is 5.32 Å². The highest BCUT2D eigenvalue weighted by atomic mass is 16.2. The standard InChI is InChI=1S/C10H13N5O/c11-5-9-14-12-7-15(9)6-10(16)13-8-3-1-2-4-8/h7-8H,1-4,6H2,(H,13,16). The molecule has 6 heteroatoms. The number of carbonyl (C=O) groups is 1. The van der Waals surface area contributed by atoms with E-state index >= 15 is 0 Å². The number of amides is 1. The van der Waals surface area contributed by atoms with E-state index in [0.29, 0.717) is 6.04 Å². The van der Waals surface area contributed by atoms with E-state index in [0.717, 1.165) is 12.8 Å². The number of carbonyl (C=O) groups excluding carboxylic acids is 1. The fraction of sp³-hybridized carbons (Fsp3) is 0.600. The van der Waals surface area contributed by atoms with Crippen LogP contribution in [0.2, 0.25) is 0 Å². The van der Waals surface area contributed by atoms with Gasteiger partial charge in [-0.1, -0.05) is 12.8 Å². The molecule has 0 spiro atoms. The third-order valence-corrected chi connectivity index (χ3v) is 2.75.